The Balaban J connectivity index is 2.00. The van der Waals surface area contributed by atoms with E-state index in [1.54, 1.807) is 0 Å². The molecule has 1 aromatic rings. The van der Waals surface area contributed by atoms with Crippen molar-refractivity contribution in [2.45, 2.75) is 25.3 Å². The third-order valence-electron chi connectivity index (χ3n) is 2.66. The van der Waals surface area contributed by atoms with Crippen LogP contribution < -0.4 is 5.32 Å². The average molecular weight is 211 g/mol. The Bertz CT molecular complexity index is 279. The van der Waals surface area contributed by atoms with Gasteiger partial charge in [0.25, 0.3) is 0 Å². The fourth-order valence-corrected chi connectivity index (χ4v) is 2.97. The summed E-state index contributed by atoms with van der Waals surface area (Å²) in [6.07, 6.45) is 2.57. The maximum Gasteiger partial charge on any atom is 0.0656 e. The molecule has 4 heteroatoms. The molecule has 1 aliphatic heterocycles. The summed E-state index contributed by atoms with van der Waals surface area (Å²) >= 11 is 2.06. The van der Waals surface area contributed by atoms with Crippen molar-refractivity contribution in [3.63, 3.8) is 0 Å². The highest BCUT2D eigenvalue weighted by Crippen LogP contribution is 2.30. The van der Waals surface area contributed by atoms with E-state index in [1.807, 2.05) is 7.05 Å². The molecule has 2 N–H and O–H groups in total. The van der Waals surface area contributed by atoms with Gasteiger partial charge < -0.3 is 5.32 Å². The van der Waals surface area contributed by atoms with Gasteiger partial charge in [-0.2, -0.15) is 16.9 Å². The number of rotatable bonds is 3. The lowest BCUT2D eigenvalue weighted by Gasteiger charge is -2.18. The Kier molecular flexibility index (Phi) is 3.48. The fourth-order valence-electron chi connectivity index (χ4n) is 1.86. The number of nitrogens with one attached hydrogen (secondary N) is 2. The van der Waals surface area contributed by atoms with Crippen LogP contribution in [0.1, 0.15) is 30.1 Å². The lowest BCUT2D eigenvalue weighted by Crippen LogP contribution is -2.08. The summed E-state index contributed by atoms with van der Waals surface area (Å²) in [5.74, 6) is 3.27. The fraction of sp³-hybridized carbons (Fsp3) is 0.700. The summed E-state index contributed by atoms with van der Waals surface area (Å²) in [7, 11) is 1.96. The van der Waals surface area contributed by atoms with Gasteiger partial charge in [0, 0.05) is 18.2 Å². The molecule has 0 unspecified atom stereocenters. The minimum atomic E-state index is 0.693. The van der Waals surface area contributed by atoms with Gasteiger partial charge in [0.2, 0.25) is 0 Å². The van der Waals surface area contributed by atoms with E-state index < -0.39 is 0 Å². The van der Waals surface area contributed by atoms with E-state index in [-0.39, 0.29) is 0 Å². The first-order chi connectivity index (χ1) is 6.90. The van der Waals surface area contributed by atoms with Gasteiger partial charge in [0.05, 0.1) is 5.69 Å². The van der Waals surface area contributed by atoms with E-state index in [0.717, 1.165) is 6.54 Å². The van der Waals surface area contributed by atoms with Gasteiger partial charge in [-0.15, -0.1) is 0 Å². The predicted molar refractivity (Wildman–Crippen MR) is 60.7 cm³/mol. The minimum absolute atomic E-state index is 0.693. The summed E-state index contributed by atoms with van der Waals surface area (Å²) in [6, 6.07) is 2.21. The molecule has 0 aliphatic carbocycles. The Morgan fingerprint density at radius 2 is 2.36 bits per heavy atom. The van der Waals surface area contributed by atoms with Crippen LogP contribution in [0, 0.1) is 0 Å². The third kappa shape index (κ3) is 2.30. The molecule has 1 aromatic heterocycles. The molecule has 0 amide bonds. The molecular formula is C10H17N3S. The summed E-state index contributed by atoms with van der Waals surface area (Å²) in [4.78, 5) is 0. The van der Waals surface area contributed by atoms with E-state index >= 15 is 0 Å². The van der Waals surface area contributed by atoms with Crippen molar-refractivity contribution in [2.75, 3.05) is 18.6 Å². The second-order valence-corrected chi connectivity index (χ2v) is 4.96. The number of H-pyrrole nitrogens is 1. The molecule has 1 aliphatic rings. The highest BCUT2D eigenvalue weighted by atomic mass is 32.2. The Labute approximate surface area is 89.1 Å². The lowest BCUT2D eigenvalue weighted by molar-refractivity contribution is 0.617. The first-order valence-electron chi connectivity index (χ1n) is 5.16. The largest absolute Gasteiger partial charge is 0.314 e. The molecule has 14 heavy (non-hydrogen) atoms. The van der Waals surface area contributed by atoms with Crippen molar-refractivity contribution >= 4 is 11.8 Å². The highest BCUT2D eigenvalue weighted by molar-refractivity contribution is 7.99. The molecule has 0 radical (unpaired) electrons. The van der Waals surface area contributed by atoms with Crippen molar-refractivity contribution in [1.29, 1.82) is 0 Å². The lowest BCUT2D eigenvalue weighted by atomic mass is 9.99. The van der Waals surface area contributed by atoms with Crippen LogP contribution in [0.2, 0.25) is 0 Å². The van der Waals surface area contributed by atoms with Crippen LogP contribution in [-0.2, 0) is 6.54 Å². The molecule has 0 bridgehead atoms. The van der Waals surface area contributed by atoms with Gasteiger partial charge in [-0.3, -0.25) is 5.10 Å². The Morgan fingerprint density at radius 1 is 1.57 bits per heavy atom. The van der Waals surface area contributed by atoms with E-state index in [1.165, 1.54) is 35.7 Å². The zero-order valence-electron chi connectivity index (χ0n) is 8.55. The van der Waals surface area contributed by atoms with Gasteiger partial charge in [-0.05, 0) is 37.5 Å². The number of aromatic nitrogens is 2. The van der Waals surface area contributed by atoms with Crippen molar-refractivity contribution in [3.05, 3.63) is 17.5 Å². The molecule has 0 spiro atoms. The number of nitrogens with zero attached hydrogens (tertiary/aromatic N) is 1. The van der Waals surface area contributed by atoms with E-state index in [2.05, 4.69) is 33.3 Å². The summed E-state index contributed by atoms with van der Waals surface area (Å²) < 4.78 is 0. The molecule has 0 saturated carbocycles. The third-order valence-corrected chi connectivity index (χ3v) is 3.71. The van der Waals surface area contributed by atoms with Gasteiger partial charge in [-0.1, -0.05) is 0 Å². The smallest absolute Gasteiger partial charge is 0.0656 e. The SMILES string of the molecule is CNCc1cc(C2CCSCC2)n[nH]1. The molecule has 0 atom stereocenters. The minimum Gasteiger partial charge on any atom is -0.314 e. The van der Waals surface area contributed by atoms with Gasteiger partial charge in [0.1, 0.15) is 0 Å². The topological polar surface area (TPSA) is 40.7 Å². The normalized spacial score (nSPS) is 18.6. The molecule has 1 fully saturated rings. The van der Waals surface area contributed by atoms with Crippen LogP contribution in [0.15, 0.2) is 6.07 Å². The predicted octanol–water partition coefficient (Wildman–Crippen LogP) is 1.74. The molecule has 3 nitrogen and oxygen atoms in total. The molecule has 0 aromatic carbocycles. The number of thioether (sulfide) groups is 1. The first-order valence-corrected chi connectivity index (χ1v) is 6.32. The summed E-state index contributed by atoms with van der Waals surface area (Å²) in [5, 5.41) is 10.6. The quantitative estimate of drug-likeness (QED) is 0.800. The van der Waals surface area contributed by atoms with Crippen molar-refractivity contribution < 1.29 is 0 Å². The maximum atomic E-state index is 4.38. The van der Waals surface area contributed by atoms with Crippen LogP contribution in [0.5, 0.6) is 0 Å². The zero-order valence-corrected chi connectivity index (χ0v) is 9.36. The number of hydrogen-bond acceptors (Lipinski definition) is 3. The maximum absolute atomic E-state index is 4.38. The highest BCUT2D eigenvalue weighted by Gasteiger charge is 2.18. The van der Waals surface area contributed by atoms with Gasteiger partial charge in [0.15, 0.2) is 0 Å². The van der Waals surface area contributed by atoms with Gasteiger partial charge >= 0.3 is 0 Å². The standard InChI is InChI=1S/C10H17N3S/c1-11-7-9-6-10(13-12-9)8-2-4-14-5-3-8/h6,8,11H,2-5,7H2,1H3,(H,12,13). The Morgan fingerprint density at radius 3 is 3.07 bits per heavy atom. The van der Waals surface area contributed by atoms with Gasteiger partial charge in [-0.25, -0.2) is 0 Å². The van der Waals surface area contributed by atoms with Crippen LogP contribution >= 0.6 is 11.8 Å². The van der Waals surface area contributed by atoms with Crippen LogP contribution in [0.25, 0.3) is 0 Å². The molecule has 78 valence electrons. The number of aromatic amines is 1. The average Bonchev–Trinajstić information content (AvgIpc) is 2.68. The number of hydrogen-bond donors (Lipinski definition) is 2. The summed E-state index contributed by atoms with van der Waals surface area (Å²) in [6.45, 7) is 0.883. The zero-order chi connectivity index (χ0) is 9.80. The van der Waals surface area contributed by atoms with Crippen LogP contribution in [0.3, 0.4) is 0 Å². The second-order valence-electron chi connectivity index (χ2n) is 3.74. The van der Waals surface area contributed by atoms with Crippen LogP contribution in [0.4, 0.5) is 0 Å². The van der Waals surface area contributed by atoms with Crippen LogP contribution in [-0.4, -0.2) is 28.8 Å². The summed E-state index contributed by atoms with van der Waals surface area (Å²) in [5.41, 5.74) is 2.45. The first kappa shape index (κ1) is 10.1. The molecular weight excluding hydrogens is 194 g/mol. The second kappa shape index (κ2) is 4.84. The van der Waals surface area contributed by atoms with E-state index in [9.17, 15) is 0 Å². The monoisotopic (exact) mass is 211 g/mol. The van der Waals surface area contributed by atoms with Crippen molar-refractivity contribution in [3.8, 4) is 0 Å². The molecule has 1 saturated heterocycles. The Hall–Kier alpha value is -0.480. The van der Waals surface area contributed by atoms with E-state index in [4.69, 9.17) is 0 Å². The van der Waals surface area contributed by atoms with Crippen molar-refractivity contribution in [2.24, 2.45) is 0 Å². The molecule has 2 rings (SSSR count). The van der Waals surface area contributed by atoms with Crippen molar-refractivity contribution in [1.82, 2.24) is 15.5 Å². The molecule has 2 heterocycles. The van der Waals surface area contributed by atoms with E-state index in [0.29, 0.717) is 5.92 Å².